The van der Waals surface area contributed by atoms with Crippen LogP contribution in [0.2, 0.25) is 0 Å². The van der Waals surface area contributed by atoms with Crippen LogP contribution in [0.1, 0.15) is 20.3 Å². The molecule has 0 saturated carbocycles. The molecule has 0 saturated heterocycles. The van der Waals surface area contributed by atoms with Crippen LogP contribution in [0.25, 0.3) is 16.0 Å². The van der Waals surface area contributed by atoms with Gasteiger partial charge in [0, 0.05) is 18.0 Å². The zero-order chi connectivity index (χ0) is 12.3. The van der Waals surface area contributed by atoms with Gasteiger partial charge in [-0.3, -0.25) is 4.40 Å². The molecule has 0 atom stereocenters. The molecule has 0 spiro atoms. The van der Waals surface area contributed by atoms with E-state index in [2.05, 4.69) is 27.0 Å². The van der Waals surface area contributed by atoms with Gasteiger partial charge in [0.2, 0.25) is 0 Å². The molecule has 0 amide bonds. The highest BCUT2D eigenvalue weighted by Gasteiger charge is 2.02. The minimum absolute atomic E-state index is 0.255. The Morgan fingerprint density at radius 1 is 1.41 bits per heavy atom. The van der Waals surface area contributed by atoms with E-state index < -0.39 is 0 Å². The van der Waals surface area contributed by atoms with E-state index >= 15 is 0 Å². The summed E-state index contributed by atoms with van der Waals surface area (Å²) in [6.07, 6.45) is 2.72. The molecule has 0 aliphatic heterocycles. The van der Waals surface area contributed by atoms with E-state index in [9.17, 15) is 4.79 Å². The minimum Gasteiger partial charge on any atom is -0.300 e. The van der Waals surface area contributed by atoms with Crippen LogP contribution in [0.4, 0.5) is 0 Å². The van der Waals surface area contributed by atoms with Gasteiger partial charge in [-0.1, -0.05) is 19.1 Å². The van der Waals surface area contributed by atoms with Crippen LogP contribution in [0.3, 0.4) is 0 Å². The summed E-state index contributed by atoms with van der Waals surface area (Å²) in [4.78, 5) is 15.3. The Balaban J connectivity index is 0.000000188. The molecular formula is C13H14N2OS. The lowest BCUT2D eigenvalue weighted by atomic mass is 10.3. The fourth-order valence-corrected chi connectivity index (χ4v) is 2.13. The summed E-state index contributed by atoms with van der Waals surface area (Å²) in [6, 6.07) is 8.17. The van der Waals surface area contributed by atoms with Crippen LogP contribution in [0.5, 0.6) is 0 Å². The predicted octanol–water partition coefficient (Wildman–Crippen LogP) is 3.53. The van der Waals surface area contributed by atoms with Crippen LogP contribution in [-0.2, 0) is 4.79 Å². The maximum Gasteiger partial charge on any atom is 0.194 e. The number of thiazole rings is 1. The largest absolute Gasteiger partial charge is 0.300 e. The lowest BCUT2D eigenvalue weighted by molar-refractivity contribution is -0.116. The Morgan fingerprint density at radius 3 is 2.82 bits per heavy atom. The van der Waals surface area contributed by atoms with Crippen molar-refractivity contribution >= 4 is 33.1 Å². The number of Topliss-reactive ketones (excluding diaryl/α,β-unsaturated/α-hetero) is 1. The molecular weight excluding hydrogens is 232 g/mol. The molecule has 3 nitrogen and oxygen atoms in total. The quantitative estimate of drug-likeness (QED) is 0.658. The molecule has 0 fully saturated rings. The van der Waals surface area contributed by atoms with E-state index in [-0.39, 0.29) is 5.78 Å². The summed E-state index contributed by atoms with van der Waals surface area (Å²) in [7, 11) is 0. The SMILES string of the molecule is CCC(C)=O.c1ccc2c(c1)nc1sccn12. The maximum absolute atomic E-state index is 9.81. The van der Waals surface area contributed by atoms with E-state index in [0.717, 1.165) is 10.5 Å². The van der Waals surface area contributed by atoms with Crippen LogP contribution in [0, 0.1) is 0 Å². The average Bonchev–Trinajstić information content (AvgIpc) is 2.89. The van der Waals surface area contributed by atoms with Crippen molar-refractivity contribution in [2.45, 2.75) is 20.3 Å². The Kier molecular flexibility index (Phi) is 3.54. The number of aromatic nitrogens is 2. The molecule has 1 aromatic carbocycles. The Morgan fingerprint density at radius 2 is 2.12 bits per heavy atom. The summed E-state index contributed by atoms with van der Waals surface area (Å²) in [6.45, 7) is 3.43. The van der Waals surface area contributed by atoms with Gasteiger partial charge in [0.1, 0.15) is 5.78 Å². The third kappa shape index (κ3) is 2.53. The normalized spacial score (nSPS) is 10.2. The van der Waals surface area contributed by atoms with Gasteiger partial charge in [0.25, 0.3) is 0 Å². The number of hydrogen-bond donors (Lipinski definition) is 0. The number of benzene rings is 1. The molecule has 0 aliphatic carbocycles. The molecule has 2 aromatic heterocycles. The van der Waals surface area contributed by atoms with E-state index in [4.69, 9.17) is 0 Å². The third-order valence-corrected chi connectivity index (χ3v) is 3.20. The van der Waals surface area contributed by atoms with Crippen molar-refractivity contribution in [3.8, 4) is 0 Å². The first-order valence-electron chi connectivity index (χ1n) is 5.52. The predicted molar refractivity (Wildman–Crippen MR) is 71.5 cm³/mol. The number of imidazole rings is 1. The highest BCUT2D eigenvalue weighted by Crippen LogP contribution is 2.19. The fraction of sp³-hybridized carbons (Fsp3) is 0.231. The average molecular weight is 246 g/mol. The van der Waals surface area contributed by atoms with E-state index in [1.807, 2.05) is 25.1 Å². The Hall–Kier alpha value is -1.68. The summed E-state index contributed by atoms with van der Waals surface area (Å²) in [5, 5.41) is 2.05. The van der Waals surface area contributed by atoms with Crippen LogP contribution >= 0.6 is 11.3 Å². The van der Waals surface area contributed by atoms with Crippen molar-refractivity contribution < 1.29 is 4.79 Å². The van der Waals surface area contributed by atoms with Gasteiger partial charge in [-0.25, -0.2) is 4.98 Å². The van der Waals surface area contributed by atoms with E-state index in [0.29, 0.717) is 6.42 Å². The number of hydrogen-bond acceptors (Lipinski definition) is 3. The molecule has 0 N–H and O–H groups in total. The minimum atomic E-state index is 0.255. The first-order chi connectivity index (χ1) is 8.22. The van der Waals surface area contributed by atoms with Crippen molar-refractivity contribution in [3.63, 3.8) is 0 Å². The van der Waals surface area contributed by atoms with Crippen molar-refractivity contribution in [1.82, 2.24) is 9.38 Å². The lowest BCUT2D eigenvalue weighted by Gasteiger charge is -1.86. The van der Waals surface area contributed by atoms with Gasteiger partial charge in [-0.2, -0.15) is 0 Å². The lowest BCUT2D eigenvalue weighted by Crippen LogP contribution is -1.80. The van der Waals surface area contributed by atoms with Crippen molar-refractivity contribution in [2.24, 2.45) is 0 Å². The van der Waals surface area contributed by atoms with Gasteiger partial charge in [-0.05, 0) is 19.1 Å². The van der Waals surface area contributed by atoms with Gasteiger partial charge in [0.15, 0.2) is 4.96 Å². The van der Waals surface area contributed by atoms with Crippen molar-refractivity contribution in [2.75, 3.05) is 0 Å². The molecule has 0 unspecified atom stereocenters. The second-order valence-electron chi connectivity index (χ2n) is 3.71. The second kappa shape index (κ2) is 5.10. The first-order valence-corrected chi connectivity index (χ1v) is 6.40. The van der Waals surface area contributed by atoms with Gasteiger partial charge < -0.3 is 4.79 Å². The first kappa shape index (κ1) is 11.8. The number of nitrogens with zero attached hydrogens (tertiary/aromatic N) is 2. The zero-order valence-electron chi connectivity index (χ0n) is 9.88. The molecule has 17 heavy (non-hydrogen) atoms. The Labute approximate surface area is 104 Å². The molecule has 3 rings (SSSR count). The van der Waals surface area contributed by atoms with Gasteiger partial charge >= 0.3 is 0 Å². The molecule has 0 radical (unpaired) electrons. The number of fused-ring (bicyclic) bond motifs is 3. The summed E-state index contributed by atoms with van der Waals surface area (Å²) >= 11 is 1.66. The molecule has 0 bridgehead atoms. The van der Waals surface area contributed by atoms with E-state index in [1.54, 1.807) is 18.3 Å². The molecule has 88 valence electrons. The van der Waals surface area contributed by atoms with Crippen molar-refractivity contribution in [3.05, 3.63) is 35.8 Å². The third-order valence-electron chi connectivity index (χ3n) is 2.44. The smallest absolute Gasteiger partial charge is 0.194 e. The molecule has 3 aromatic rings. The summed E-state index contributed by atoms with van der Waals surface area (Å²) in [5.74, 6) is 0.255. The standard InChI is InChI=1S/C9H6N2S.C4H8O/c1-2-4-8-7(3-1)10-9-11(8)5-6-12-9;1-3-4(2)5/h1-6H;3H2,1-2H3. The fourth-order valence-electron chi connectivity index (χ4n) is 1.40. The van der Waals surface area contributed by atoms with Crippen LogP contribution in [0.15, 0.2) is 35.8 Å². The molecule has 2 heterocycles. The number of carbonyl (C=O) groups excluding carboxylic acids is 1. The zero-order valence-corrected chi connectivity index (χ0v) is 10.7. The van der Waals surface area contributed by atoms with Gasteiger partial charge in [-0.15, -0.1) is 11.3 Å². The number of rotatable bonds is 1. The Bertz CT molecular complexity index is 638. The highest BCUT2D eigenvalue weighted by atomic mass is 32.1. The molecule has 0 aliphatic rings. The summed E-state index contributed by atoms with van der Waals surface area (Å²) in [5.41, 5.74) is 2.26. The molecule has 4 heteroatoms. The monoisotopic (exact) mass is 246 g/mol. The number of carbonyl (C=O) groups is 1. The topological polar surface area (TPSA) is 34.4 Å². The van der Waals surface area contributed by atoms with E-state index in [1.165, 1.54) is 5.52 Å². The van der Waals surface area contributed by atoms with Crippen molar-refractivity contribution in [1.29, 1.82) is 0 Å². The number of para-hydroxylation sites is 2. The second-order valence-corrected chi connectivity index (χ2v) is 4.58. The van der Waals surface area contributed by atoms with Crippen LogP contribution in [-0.4, -0.2) is 15.2 Å². The highest BCUT2D eigenvalue weighted by molar-refractivity contribution is 7.15. The summed E-state index contributed by atoms with van der Waals surface area (Å²) < 4.78 is 2.11. The number of ketones is 1. The maximum atomic E-state index is 9.81. The van der Waals surface area contributed by atoms with Gasteiger partial charge in [0.05, 0.1) is 11.0 Å². The van der Waals surface area contributed by atoms with Crippen LogP contribution < -0.4 is 0 Å².